The standard InChI is InChI=1S/C17H29N5/c1-11(2)16(18)21-7-5-14-9-12(3)10-15(13(14)4)6-8-22-17(19)20/h9-10,21H,5-8,18H2,1-4H3,(H4,19,20,22). The van der Waals surface area contributed by atoms with Crippen molar-refractivity contribution in [2.45, 2.75) is 40.5 Å². The molecule has 5 heteroatoms. The third kappa shape index (κ3) is 5.68. The number of nitrogens with two attached hydrogens (primary N) is 3. The van der Waals surface area contributed by atoms with Gasteiger partial charge >= 0.3 is 0 Å². The fourth-order valence-electron chi connectivity index (χ4n) is 2.35. The average Bonchev–Trinajstić information content (AvgIpc) is 2.42. The molecule has 122 valence electrons. The minimum atomic E-state index is 0.145. The number of nitrogens with zero attached hydrogens (tertiary/aromatic N) is 1. The number of hydrogen-bond acceptors (Lipinski definition) is 3. The highest BCUT2D eigenvalue weighted by Gasteiger charge is 2.06. The molecule has 0 unspecified atom stereocenters. The second kappa shape index (κ2) is 8.32. The van der Waals surface area contributed by atoms with Gasteiger partial charge in [0.25, 0.3) is 0 Å². The molecule has 0 aliphatic heterocycles. The Labute approximate surface area is 133 Å². The van der Waals surface area contributed by atoms with E-state index in [-0.39, 0.29) is 5.96 Å². The topological polar surface area (TPSA) is 102 Å². The lowest BCUT2D eigenvalue weighted by Gasteiger charge is -2.14. The predicted octanol–water partition coefficient (Wildman–Crippen LogP) is 1.46. The quantitative estimate of drug-likeness (QED) is 0.452. The summed E-state index contributed by atoms with van der Waals surface area (Å²) < 4.78 is 0. The van der Waals surface area contributed by atoms with Crippen molar-refractivity contribution in [1.29, 1.82) is 0 Å². The van der Waals surface area contributed by atoms with E-state index in [0.29, 0.717) is 6.54 Å². The molecule has 0 radical (unpaired) electrons. The second-order valence-electron chi connectivity index (χ2n) is 5.86. The van der Waals surface area contributed by atoms with E-state index in [2.05, 4.69) is 36.3 Å². The maximum Gasteiger partial charge on any atom is 0.185 e. The summed E-state index contributed by atoms with van der Waals surface area (Å²) in [4.78, 5) is 4.06. The number of benzene rings is 1. The van der Waals surface area contributed by atoms with E-state index in [1.807, 2.05) is 13.8 Å². The van der Waals surface area contributed by atoms with E-state index in [1.54, 1.807) is 0 Å². The van der Waals surface area contributed by atoms with Gasteiger partial charge in [-0.05, 0) is 62.8 Å². The number of hydrogen-bond donors (Lipinski definition) is 4. The lowest BCUT2D eigenvalue weighted by atomic mass is 9.95. The fraction of sp³-hybridized carbons (Fsp3) is 0.471. The highest BCUT2D eigenvalue weighted by Crippen LogP contribution is 2.18. The molecule has 0 saturated carbocycles. The lowest BCUT2D eigenvalue weighted by Crippen LogP contribution is -2.24. The van der Waals surface area contributed by atoms with Gasteiger partial charge < -0.3 is 22.5 Å². The van der Waals surface area contributed by atoms with Gasteiger partial charge in [-0.1, -0.05) is 17.7 Å². The smallest absolute Gasteiger partial charge is 0.185 e. The van der Waals surface area contributed by atoms with Crippen LogP contribution in [0, 0.1) is 13.8 Å². The molecule has 0 aliphatic rings. The number of nitrogens with one attached hydrogen (secondary N) is 1. The zero-order chi connectivity index (χ0) is 16.7. The van der Waals surface area contributed by atoms with Crippen LogP contribution in [0.25, 0.3) is 0 Å². The van der Waals surface area contributed by atoms with Crippen LogP contribution in [0.4, 0.5) is 0 Å². The molecule has 0 saturated heterocycles. The normalized spacial score (nSPS) is 10.2. The van der Waals surface area contributed by atoms with E-state index >= 15 is 0 Å². The molecule has 0 amide bonds. The van der Waals surface area contributed by atoms with Crippen molar-refractivity contribution in [3.8, 4) is 0 Å². The molecule has 22 heavy (non-hydrogen) atoms. The van der Waals surface area contributed by atoms with Crippen LogP contribution in [0.5, 0.6) is 0 Å². The minimum absolute atomic E-state index is 0.145. The van der Waals surface area contributed by atoms with Crippen molar-refractivity contribution < 1.29 is 0 Å². The first-order chi connectivity index (χ1) is 10.3. The van der Waals surface area contributed by atoms with E-state index < -0.39 is 0 Å². The van der Waals surface area contributed by atoms with Gasteiger partial charge in [-0.15, -0.1) is 0 Å². The van der Waals surface area contributed by atoms with Crippen LogP contribution >= 0.6 is 0 Å². The SMILES string of the molecule is CC(C)=C(N)NCCc1cc(C)cc(CCN=C(N)N)c1C. The van der Waals surface area contributed by atoms with Crippen molar-refractivity contribution in [2.24, 2.45) is 22.2 Å². The third-order valence-electron chi connectivity index (χ3n) is 3.69. The van der Waals surface area contributed by atoms with Gasteiger partial charge in [0.1, 0.15) is 0 Å². The predicted molar refractivity (Wildman–Crippen MR) is 94.6 cm³/mol. The van der Waals surface area contributed by atoms with Crippen molar-refractivity contribution >= 4 is 5.96 Å². The van der Waals surface area contributed by atoms with Crippen LogP contribution in [0.3, 0.4) is 0 Å². The molecule has 1 rings (SSSR count). The maximum absolute atomic E-state index is 5.90. The van der Waals surface area contributed by atoms with E-state index in [1.165, 1.54) is 22.3 Å². The van der Waals surface area contributed by atoms with Crippen molar-refractivity contribution in [3.63, 3.8) is 0 Å². The Morgan fingerprint density at radius 2 is 1.64 bits per heavy atom. The summed E-state index contributed by atoms with van der Waals surface area (Å²) in [6.45, 7) is 9.72. The van der Waals surface area contributed by atoms with E-state index in [9.17, 15) is 0 Å². The summed E-state index contributed by atoms with van der Waals surface area (Å²) in [7, 11) is 0. The largest absolute Gasteiger partial charge is 0.386 e. The highest BCUT2D eigenvalue weighted by atomic mass is 15.0. The van der Waals surface area contributed by atoms with Crippen LogP contribution in [0.2, 0.25) is 0 Å². The zero-order valence-electron chi connectivity index (χ0n) is 14.2. The number of rotatable bonds is 7. The van der Waals surface area contributed by atoms with Gasteiger partial charge in [0.15, 0.2) is 5.96 Å². The van der Waals surface area contributed by atoms with E-state index in [0.717, 1.165) is 30.8 Å². The van der Waals surface area contributed by atoms with Crippen molar-refractivity contribution in [3.05, 3.63) is 45.8 Å². The first-order valence-corrected chi connectivity index (χ1v) is 7.62. The minimum Gasteiger partial charge on any atom is -0.386 e. The van der Waals surface area contributed by atoms with Gasteiger partial charge in [-0.2, -0.15) is 0 Å². The Bertz CT molecular complexity index is 565. The van der Waals surface area contributed by atoms with Crippen LogP contribution in [-0.2, 0) is 12.8 Å². The average molecular weight is 303 g/mol. The first kappa shape index (κ1) is 17.9. The lowest BCUT2D eigenvalue weighted by molar-refractivity contribution is 0.763. The Morgan fingerprint density at radius 1 is 1.05 bits per heavy atom. The molecule has 5 nitrogen and oxygen atoms in total. The van der Waals surface area contributed by atoms with Gasteiger partial charge in [0.05, 0.1) is 5.82 Å². The molecule has 0 heterocycles. The zero-order valence-corrected chi connectivity index (χ0v) is 14.2. The molecule has 7 N–H and O–H groups in total. The van der Waals surface area contributed by atoms with Gasteiger partial charge in [-0.25, -0.2) is 0 Å². The maximum atomic E-state index is 5.90. The molecule has 0 aromatic heterocycles. The summed E-state index contributed by atoms with van der Waals surface area (Å²) in [6, 6.07) is 4.44. The number of allylic oxidation sites excluding steroid dienone is 1. The van der Waals surface area contributed by atoms with Crippen LogP contribution in [-0.4, -0.2) is 19.0 Å². The first-order valence-electron chi connectivity index (χ1n) is 7.62. The molecule has 0 bridgehead atoms. The summed E-state index contributed by atoms with van der Waals surface area (Å²) in [6.07, 6.45) is 1.79. The Hall–Kier alpha value is -2.17. The van der Waals surface area contributed by atoms with Gasteiger partial charge in [0, 0.05) is 13.1 Å². The summed E-state index contributed by atoms with van der Waals surface area (Å²) in [5, 5.41) is 3.26. The Kier molecular flexibility index (Phi) is 6.76. The highest BCUT2D eigenvalue weighted by molar-refractivity contribution is 5.75. The second-order valence-corrected chi connectivity index (χ2v) is 5.86. The van der Waals surface area contributed by atoms with Gasteiger partial charge in [0.2, 0.25) is 0 Å². The third-order valence-corrected chi connectivity index (χ3v) is 3.69. The number of aryl methyl sites for hydroxylation is 1. The molecular weight excluding hydrogens is 274 g/mol. The van der Waals surface area contributed by atoms with Crippen LogP contribution in [0.15, 0.2) is 28.5 Å². The molecule has 1 aromatic rings. The number of aliphatic imine (C=N–C) groups is 1. The number of guanidine groups is 1. The molecule has 1 aromatic carbocycles. The molecular formula is C17H29N5. The molecule has 0 atom stereocenters. The Morgan fingerprint density at radius 3 is 2.18 bits per heavy atom. The van der Waals surface area contributed by atoms with Crippen LogP contribution < -0.4 is 22.5 Å². The van der Waals surface area contributed by atoms with Crippen LogP contribution in [0.1, 0.15) is 36.1 Å². The fourth-order valence-corrected chi connectivity index (χ4v) is 2.35. The van der Waals surface area contributed by atoms with Crippen molar-refractivity contribution in [2.75, 3.05) is 13.1 Å². The summed E-state index contributed by atoms with van der Waals surface area (Å²) in [5.41, 5.74) is 23.0. The molecule has 0 aliphatic carbocycles. The van der Waals surface area contributed by atoms with Crippen molar-refractivity contribution in [1.82, 2.24) is 5.32 Å². The van der Waals surface area contributed by atoms with Gasteiger partial charge in [-0.3, -0.25) is 4.99 Å². The summed E-state index contributed by atoms with van der Waals surface area (Å²) >= 11 is 0. The molecule has 0 fully saturated rings. The molecule has 0 spiro atoms. The summed E-state index contributed by atoms with van der Waals surface area (Å²) in [5.74, 6) is 0.908. The van der Waals surface area contributed by atoms with E-state index in [4.69, 9.17) is 17.2 Å². The monoisotopic (exact) mass is 303 g/mol. The Balaban J connectivity index is 2.77.